The van der Waals surface area contributed by atoms with Gasteiger partial charge < -0.3 is 9.47 Å². The molecule has 0 aliphatic heterocycles. The van der Waals surface area contributed by atoms with Crippen LogP contribution in [-0.4, -0.2) is 17.8 Å². The van der Waals surface area contributed by atoms with Gasteiger partial charge in [0.1, 0.15) is 12.4 Å². The number of hydrogen-bond donors (Lipinski definition) is 0. The van der Waals surface area contributed by atoms with Crippen LogP contribution in [0.2, 0.25) is 0 Å². The van der Waals surface area contributed by atoms with Gasteiger partial charge >= 0.3 is 5.69 Å². The highest BCUT2D eigenvalue weighted by molar-refractivity contribution is 5.98. The quantitative estimate of drug-likeness (QED) is 0.464. The van der Waals surface area contributed by atoms with Crippen molar-refractivity contribution in [2.24, 2.45) is 0 Å². The number of ether oxygens (including phenoxy) is 2. The molecule has 0 radical (unpaired) electrons. The fraction of sp³-hybridized carbons (Fsp3) is 0.188. The Kier molecular flexibility index (Phi) is 4.73. The number of nitro groups is 1. The van der Waals surface area contributed by atoms with Gasteiger partial charge in [-0.15, -0.1) is 0 Å². The first kappa shape index (κ1) is 15.5. The number of benzene rings is 2. The summed E-state index contributed by atoms with van der Waals surface area (Å²) in [5.41, 5.74) is 0.773. The Morgan fingerprint density at radius 1 is 1.18 bits per heavy atom. The fourth-order valence-electron chi connectivity index (χ4n) is 1.99. The second-order valence-electron chi connectivity index (χ2n) is 4.61. The summed E-state index contributed by atoms with van der Waals surface area (Å²) >= 11 is 0. The standard InChI is InChI=1S/C16H15NO5/c1-11(18)13-8-14(17(19)20)16(9-15(13)21-2)22-10-12-6-4-3-5-7-12/h3-9H,10H2,1-2H3. The van der Waals surface area contributed by atoms with Gasteiger partial charge in [-0.05, 0) is 12.5 Å². The zero-order chi connectivity index (χ0) is 16.1. The highest BCUT2D eigenvalue weighted by atomic mass is 16.6. The lowest BCUT2D eigenvalue weighted by Gasteiger charge is -2.11. The summed E-state index contributed by atoms with van der Waals surface area (Å²) in [5, 5.41) is 11.2. The maximum absolute atomic E-state index is 11.5. The monoisotopic (exact) mass is 301 g/mol. The van der Waals surface area contributed by atoms with Crippen molar-refractivity contribution in [1.29, 1.82) is 0 Å². The van der Waals surface area contributed by atoms with Crippen LogP contribution >= 0.6 is 0 Å². The van der Waals surface area contributed by atoms with Gasteiger partial charge in [0.25, 0.3) is 0 Å². The van der Waals surface area contributed by atoms with E-state index in [1.165, 1.54) is 26.2 Å². The summed E-state index contributed by atoms with van der Waals surface area (Å²) in [6.07, 6.45) is 0. The number of nitro benzene ring substituents is 1. The first-order valence-corrected chi connectivity index (χ1v) is 6.57. The lowest BCUT2D eigenvalue weighted by molar-refractivity contribution is -0.386. The van der Waals surface area contributed by atoms with Crippen LogP contribution in [0.15, 0.2) is 42.5 Å². The highest BCUT2D eigenvalue weighted by Gasteiger charge is 2.22. The number of carbonyl (C=O) groups is 1. The van der Waals surface area contributed by atoms with E-state index in [0.717, 1.165) is 5.56 Å². The molecule has 6 nitrogen and oxygen atoms in total. The molecule has 0 amide bonds. The Morgan fingerprint density at radius 3 is 2.41 bits per heavy atom. The van der Waals surface area contributed by atoms with Gasteiger partial charge in [0.2, 0.25) is 5.75 Å². The van der Waals surface area contributed by atoms with Crippen molar-refractivity contribution in [1.82, 2.24) is 0 Å². The highest BCUT2D eigenvalue weighted by Crippen LogP contribution is 2.35. The van der Waals surface area contributed by atoms with Gasteiger partial charge in [-0.3, -0.25) is 14.9 Å². The van der Waals surface area contributed by atoms with Crippen LogP contribution in [-0.2, 0) is 6.61 Å². The minimum atomic E-state index is -0.577. The van der Waals surface area contributed by atoms with E-state index in [9.17, 15) is 14.9 Å². The molecule has 0 aliphatic carbocycles. The van der Waals surface area contributed by atoms with E-state index in [4.69, 9.17) is 9.47 Å². The molecule has 2 rings (SSSR count). The van der Waals surface area contributed by atoms with Crippen LogP contribution in [0.1, 0.15) is 22.8 Å². The maximum Gasteiger partial charge on any atom is 0.311 e. The normalized spacial score (nSPS) is 10.1. The van der Waals surface area contributed by atoms with Crippen LogP contribution in [0.25, 0.3) is 0 Å². The molecule has 0 spiro atoms. The number of Topliss-reactive ketones (excluding diaryl/α,β-unsaturated/α-hetero) is 1. The predicted octanol–water partition coefficient (Wildman–Crippen LogP) is 3.39. The largest absolute Gasteiger partial charge is 0.496 e. The third-order valence-corrected chi connectivity index (χ3v) is 3.09. The van der Waals surface area contributed by atoms with Gasteiger partial charge in [0, 0.05) is 12.1 Å². The zero-order valence-electron chi connectivity index (χ0n) is 12.2. The second-order valence-corrected chi connectivity index (χ2v) is 4.61. The van der Waals surface area contributed by atoms with Crippen molar-refractivity contribution in [3.05, 3.63) is 63.7 Å². The van der Waals surface area contributed by atoms with Gasteiger partial charge in [0.15, 0.2) is 5.78 Å². The Morgan fingerprint density at radius 2 is 1.86 bits per heavy atom. The Hall–Kier alpha value is -2.89. The lowest BCUT2D eigenvalue weighted by atomic mass is 10.1. The van der Waals surface area contributed by atoms with Crippen LogP contribution in [0.3, 0.4) is 0 Å². The molecule has 0 fully saturated rings. The molecule has 6 heteroatoms. The van der Waals surface area contributed by atoms with E-state index in [0.29, 0.717) is 0 Å². The van der Waals surface area contributed by atoms with Crippen molar-refractivity contribution in [2.75, 3.05) is 7.11 Å². The van der Waals surface area contributed by atoms with Gasteiger partial charge in [-0.1, -0.05) is 30.3 Å². The fourth-order valence-corrected chi connectivity index (χ4v) is 1.99. The van der Waals surface area contributed by atoms with Crippen molar-refractivity contribution in [2.45, 2.75) is 13.5 Å². The first-order chi connectivity index (χ1) is 10.5. The number of ketones is 1. The third-order valence-electron chi connectivity index (χ3n) is 3.09. The molecule has 2 aromatic rings. The van der Waals surface area contributed by atoms with Crippen molar-refractivity contribution >= 4 is 11.5 Å². The number of carbonyl (C=O) groups excluding carboxylic acids is 1. The molecular formula is C16H15NO5. The molecule has 22 heavy (non-hydrogen) atoms. The molecule has 0 atom stereocenters. The minimum Gasteiger partial charge on any atom is -0.496 e. The predicted molar refractivity (Wildman–Crippen MR) is 80.4 cm³/mol. The van der Waals surface area contributed by atoms with Crippen LogP contribution in [0, 0.1) is 10.1 Å². The average molecular weight is 301 g/mol. The Bertz CT molecular complexity index is 697. The Labute approximate surface area is 127 Å². The molecule has 0 N–H and O–H groups in total. The number of methoxy groups -OCH3 is 1. The van der Waals surface area contributed by atoms with Crippen LogP contribution < -0.4 is 9.47 Å². The second kappa shape index (κ2) is 6.71. The minimum absolute atomic E-state index is 0.0655. The summed E-state index contributed by atoms with van der Waals surface area (Å²) in [6.45, 7) is 1.51. The molecule has 0 saturated carbocycles. The zero-order valence-corrected chi connectivity index (χ0v) is 12.2. The molecule has 0 bridgehead atoms. The van der Waals surface area contributed by atoms with Gasteiger partial charge in [0.05, 0.1) is 17.6 Å². The maximum atomic E-state index is 11.5. The molecular weight excluding hydrogens is 286 g/mol. The van der Waals surface area contributed by atoms with Crippen LogP contribution in [0.5, 0.6) is 11.5 Å². The number of nitrogens with zero attached hydrogens (tertiary/aromatic N) is 1. The molecule has 2 aromatic carbocycles. The van der Waals surface area contributed by atoms with E-state index in [-0.39, 0.29) is 35.1 Å². The summed E-state index contributed by atoms with van der Waals surface area (Å²) in [5.74, 6) is 0.00595. The summed E-state index contributed by atoms with van der Waals surface area (Å²) in [6, 6.07) is 11.8. The van der Waals surface area contributed by atoms with E-state index < -0.39 is 4.92 Å². The third kappa shape index (κ3) is 3.41. The SMILES string of the molecule is COc1cc(OCc2ccccc2)c([N+](=O)[O-])cc1C(C)=O. The molecule has 0 heterocycles. The molecule has 114 valence electrons. The first-order valence-electron chi connectivity index (χ1n) is 6.57. The molecule has 0 aromatic heterocycles. The summed E-state index contributed by atoms with van der Waals surface area (Å²) in [7, 11) is 1.40. The lowest BCUT2D eigenvalue weighted by Crippen LogP contribution is -2.04. The van der Waals surface area contributed by atoms with Crippen molar-refractivity contribution in [3.8, 4) is 11.5 Å². The summed E-state index contributed by atoms with van der Waals surface area (Å²) < 4.78 is 10.6. The van der Waals surface area contributed by atoms with Crippen LogP contribution in [0.4, 0.5) is 5.69 Å². The average Bonchev–Trinajstić information content (AvgIpc) is 2.52. The van der Waals surface area contributed by atoms with Crippen molar-refractivity contribution < 1.29 is 19.2 Å². The van der Waals surface area contributed by atoms with E-state index in [1.54, 1.807) is 0 Å². The molecule has 0 aliphatic rings. The van der Waals surface area contributed by atoms with E-state index in [2.05, 4.69) is 0 Å². The molecule has 0 saturated heterocycles. The van der Waals surface area contributed by atoms with Crippen molar-refractivity contribution in [3.63, 3.8) is 0 Å². The van der Waals surface area contributed by atoms with E-state index >= 15 is 0 Å². The summed E-state index contributed by atoms with van der Waals surface area (Å²) in [4.78, 5) is 22.2. The Balaban J connectivity index is 2.36. The molecule has 0 unspecified atom stereocenters. The van der Waals surface area contributed by atoms with Gasteiger partial charge in [-0.25, -0.2) is 0 Å². The van der Waals surface area contributed by atoms with Gasteiger partial charge in [-0.2, -0.15) is 0 Å². The number of rotatable bonds is 6. The number of hydrogen-bond acceptors (Lipinski definition) is 5. The van der Waals surface area contributed by atoms with E-state index in [1.807, 2.05) is 30.3 Å². The smallest absolute Gasteiger partial charge is 0.311 e. The topological polar surface area (TPSA) is 78.7 Å².